The maximum Gasteiger partial charge on any atom is 0.347 e. The number of nitrogen functional groups attached to an aromatic ring is 1. The van der Waals surface area contributed by atoms with E-state index in [1.807, 2.05) is 0 Å². The van der Waals surface area contributed by atoms with Crippen LogP contribution in [0.2, 0.25) is 15.1 Å². The molecule has 2 aromatic rings. The van der Waals surface area contributed by atoms with Crippen molar-refractivity contribution in [1.82, 2.24) is 4.98 Å². The van der Waals surface area contributed by atoms with Gasteiger partial charge in [0.2, 0.25) is 11.8 Å². The van der Waals surface area contributed by atoms with Crippen molar-refractivity contribution in [1.29, 1.82) is 0 Å². The summed E-state index contributed by atoms with van der Waals surface area (Å²) in [4.78, 5) is 15.4. The number of pyridine rings is 1. The van der Waals surface area contributed by atoms with Crippen LogP contribution in [0.5, 0.6) is 5.88 Å². The van der Waals surface area contributed by atoms with Gasteiger partial charge in [-0.1, -0.05) is 46.9 Å². The van der Waals surface area contributed by atoms with E-state index in [4.69, 9.17) is 50.0 Å². The Balaban J connectivity index is 2.00. The second-order valence-electron chi connectivity index (χ2n) is 4.74. The number of nitrogens with two attached hydrogens (primary N) is 1. The zero-order valence-corrected chi connectivity index (χ0v) is 14.6. The van der Waals surface area contributed by atoms with Crippen molar-refractivity contribution < 1.29 is 18.7 Å². The minimum Gasteiger partial charge on any atom is -0.461 e. The van der Waals surface area contributed by atoms with E-state index in [0.29, 0.717) is 5.02 Å². The summed E-state index contributed by atoms with van der Waals surface area (Å²) in [5.41, 5.74) is 6.06. The smallest absolute Gasteiger partial charge is 0.347 e. The molecule has 1 aromatic heterocycles. The molecule has 0 unspecified atom stereocenters. The molecule has 0 saturated heterocycles. The van der Waals surface area contributed by atoms with Crippen LogP contribution in [0.3, 0.4) is 0 Å². The molecule has 2 N–H and O–H groups in total. The van der Waals surface area contributed by atoms with Gasteiger partial charge in [0.25, 0.3) is 0 Å². The lowest BCUT2D eigenvalue weighted by molar-refractivity contribution is -0.152. The molecule has 128 valence electrons. The number of hydrogen-bond donors (Lipinski definition) is 1. The maximum absolute atomic E-state index is 13.5. The molecule has 0 aliphatic carbocycles. The van der Waals surface area contributed by atoms with E-state index in [2.05, 4.69) is 4.98 Å². The Morgan fingerprint density at radius 1 is 1.25 bits per heavy atom. The van der Waals surface area contributed by atoms with Gasteiger partial charge in [-0.2, -0.15) is 9.37 Å². The Morgan fingerprint density at radius 3 is 2.50 bits per heavy atom. The van der Waals surface area contributed by atoms with Gasteiger partial charge >= 0.3 is 5.97 Å². The molecule has 2 rings (SSSR count). The zero-order valence-electron chi connectivity index (χ0n) is 12.4. The van der Waals surface area contributed by atoms with Crippen LogP contribution in [0.1, 0.15) is 12.5 Å². The van der Waals surface area contributed by atoms with E-state index in [1.54, 1.807) is 24.3 Å². The van der Waals surface area contributed by atoms with Crippen LogP contribution in [-0.2, 0) is 16.1 Å². The normalized spacial score (nSPS) is 11.9. The lowest BCUT2D eigenvalue weighted by atomic mass is 10.2. The van der Waals surface area contributed by atoms with Crippen LogP contribution >= 0.6 is 34.8 Å². The molecule has 0 aliphatic rings. The molecular weight excluding hydrogens is 382 g/mol. The van der Waals surface area contributed by atoms with Crippen molar-refractivity contribution in [3.63, 3.8) is 0 Å². The lowest BCUT2D eigenvalue weighted by Gasteiger charge is -2.15. The minimum absolute atomic E-state index is 0.0297. The van der Waals surface area contributed by atoms with E-state index >= 15 is 0 Å². The van der Waals surface area contributed by atoms with Crippen molar-refractivity contribution in [3.8, 4) is 5.88 Å². The Labute approximate surface area is 152 Å². The number of carbonyl (C=O) groups is 1. The number of hydrogen-bond acceptors (Lipinski definition) is 5. The molecule has 24 heavy (non-hydrogen) atoms. The number of ether oxygens (including phenoxy) is 2. The monoisotopic (exact) mass is 392 g/mol. The van der Waals surface area contributed by atoms with Gasteiger partial charge in [0.15, 0.2) is 6.10 Å². The molecule has 0 radical (unpaired) electrons. The summed E-state index contributed by atoms with van der Waals surface area (Å²) in [6.45, 7) is 1.44. The summed E-state index contributed by atoms with van der Waals surface area (Å²) < 4.78 is 23.8. The topological polar surface area (TPSA) is 74.4 Å². The van der Waals surface area contributed by atoms with Crippen LogP contribution in [0.4, 0.5) is 10.1 Å². The number of benzene rings is 1. The van der Waals surface area contributed by atoms with Gasteiger partial charge in [-0.3, -0.25) is 0 Å². The molecule has 1 heterocycles. The summed E-state index contributed by atoms with van der Waals surface area (Å²) >= 11 is 17.2. The van der Waals surface area contributed by atoms with Crippen molar-refractivity contribution in [2.24, 2.45) is 0 Å². The van der Waals surface area contributed by atoms with Crippen LogP contribution in [-0.4, -0.2) is 17.1 Å². The molecular formula is C15H12Cl3FN2O3. The van der Waals surface area contributed by atoms with E-state index in [1.165, 1.54) is 6.92 Å². The summed E-state index contributed by atoms with van der Waals surface area (Å²) in [5.74, 6) is -2.07. The molecule has 1 aromatic carbocycles. The molecule has 0 fully saturated rings. The van der Waals surface area contributed by atoms with Crippen molar-refractivity contribution in [3.05, 3.63) is 50.8 Å². The van der Waals surface area contributed by atoms with Gasteiger partial charge < -0.3 is 15.2 Å². The van der Waals surface area contributed by atoms with Crippen molar-refractivity contribution in [2.75, 3.05) is 5.73 Å². The molecule has 0 aliphatic heterocycles. The van der Waals surface area contributed by atoms with Gasteiger partial charge in [0.05, 0.1) is 5.69 Å². The van der Waals surface area contributed by atoms with Gasteiger partial charge in [0, 0.05) is 5.02 Å². The zero-order chi connectivity index (χ0) is 17.9. The molecule has 0 bridgehead atoms. The first-order chi connectivity index (χ1) is 11.3. The lowest BCUT2D eigenvalue weighted by Crippen LogP contribution is -2.26. The third-order valence-corrected chi connectivity index (χ3v) is 3.93. The number of rotatable bonds is 5. The first kappa shape index (κ1) is 18.6. The Morgan fingerprint density at radius 2 is 1.88 bits per heavy atom. The molecule has 0 spiro atoms. The predicted octanol–water partition coefficient (Wildman–Crippen LogP) is 4.27. The Hall–Kier alpha value is -1.76. The third-order valence-electron chi connectivity index (χ3n) is 2.96. The molecule has 9 heteroatoms. The van der Waals surface area contributed by atoms with Gasteiger partial charge in [-0.25, -0.2) is 4.79 Å². The van der Waals surface area contributed by atoms with Crippen LogP contribution in [0.15, 0.2) is 24.3 Å². The fraction of sp³-hybridized carbons (Fsp3) is 0.200. The number of halogens is 4. The van der Waals surface area contributed by atoms with E-state index in [-0.39, 0.29) is 23.2 Å². The highest BCUT2D eigenvalue weighted by Crippen LogP contribution is 2.35. The average molecular weight is 394 g/mol. The number of carbonyl (C=O) groups excluding carboxylic acids is 1. The van der Waals surface area contributed by atoms with Crippen molar-refractivity contribution >= 4 is 46.5 Å². The van der Waals surface area contributed by atoms with Crippen LogP contribution in [0, 0.1) is 5.95 Å². The minimum atomic E-state index is -1.08. The molecule has 0 saturated carbocycles. The van der Waals surface area contributed by atoms with Crippen LogP contribution in [0.25, 0.3) is 0 Å². The summed E-state index contributed by atoms with van der Waals surface area (Å²) in [5, 5.41) is -0.0195. The highest BCUT2D eigenvalue weighted by Gasteiger charge is 2.22. The number of anilines is 1. The number of aromatic nitrogens is 1. The quantitative estimate of drug-likeness (QED) is 0.606. The van der Waals surface area contributed by atoms with Gasteiger partial charge in [-0.15, -0.1) is 0 Å². The standard InChI is InChI=1S/C15H12Cl3FN2O3/c1-7(15(22)23-6-8-2-4-9(16)5-3-8)24-14-11(18)12(20)10(17)13(19)21-14/h2-5,7H,6H2,1H3,(H2,20,21)/t7-/m1/s1. The molecule has 5 nitrogen and oxygen atoms in total. The highest BCUT2D eigenvalue weighted by atomic mass is 35.5. The van der Waals surface area contributed by atoms with Gasteiger partial charge in [-0.05, 0) is 24.6 Å². The first-order valence-corrected chi connectivity index (χ1v) is 7.80. The largest absolute Gasteiger partial charge is 0.461 e. The number of esters is 1. The van der Waals surface area contributed by atoms with E-state index < -0.39 is 23.0 Å². The number of nitrogens with zero attached hydrogens (tertiary/aromatic N) is 1. The van der Waals surface area contributed by atoms with Gasteiger partial charge in [0.1, 0.15) is 16.7 Å². The third kappa shape index (κ3) is 4.41. The Bertz CT molecular complexity index is 757. The molecule has 0 amide bonds. The summed E-state index contributed by atoms with van der Waals surface area (Å²) in [6, 6.07) is 6.78. The first-order valence-electron chi connectivity index (χ1n) is 6.67. The highest BCUT2D eigenvalue weighted by molar-refractivity contribution is 6.39. The fourth-order valence-corrected chi connectivity index (χ4v) is 2.15. The van der Waals surface area contributed by atoms with Crippen LogP contribution < -0.4 is 10.5 Å². The van der Waals surface area contributed by atoms with E-state index in [0.717, 1.165) is 5.56 Å². The second kappa shape index (κ2) is 7.88. The fourth-order valence-electron chi connectivity index (χ4n) is 1.66. The SMILES string of the molecule is C[C@@H](Oc1nc(F)c(Cl)c(N)c1Cl)C(=O)OCc1ccc(Cl)cc1. The summed E-state index contributed by atoms with van der Waals surface area (Å²) in [6.07, 6.45) is -1.08. The Kier molecular flexibility index (Phi) is 6.10. The molecule has 1 atom stereocenters. The predicted molar refractivity (Wildman–Crippen MR) is 90.0 cm³/mol. The second-order valence-corrected chi connectivity index (χ2v) is 5.94. The maximum atomic E-state index is 13.5. The average Bonchev–Trinajstić information content (AvgIpc) is 2.56. The van der Waals surface area contributed by atoms with Crippen molar-refractivity contribution in [2.45, 2.75) is 19.6 Å². The van der Waals surface area contributed by atoms with E-state index in [9.17, 15) is 9.18 Å². The summed E-state index contributed by atoms with van der Waals surface area (Å²) in [7, 11) is 0.